The fraction of sp³-hybridized carbons (Fsp3) is 0.340. The second-order valence-corrected chi connectivity index (χ2v) is 24.3. The molecule has 13 nitrogen and oxygen atoms in total. The summed E-state index contributed by atoms with van der Waals surface area (Å²) in [5.74, 6) is 0.372. The summed E-state index contributed by atoms with van der Waals surface area (Å²) in [4.78, 5) is 21.4. The molecule has 1 amide bonds. The summed E-state index contributed by atoms with van der Waals surface area (Å²) < 4.78 is 101. The van der Waals surface area contributed by atoms with E-state index in [2.05, 4.69) is 36.5 Å². The number of thioether (sulfide) groups is 1. The fourth-order valence-electron chi connectivity index (χ4n) is 9.68. The molecule has 1 atom stereocenters. The third-order valence-electron chi connectivity index (χ3n) is 13.8. The Kier molecular flexibility index (Phi) is 14.9. The number of β-amino-alcohol motifs (C(OH)–C–C–N with tert-alkyl or cyclic N) is 1. The summed E-state index contributed by atoms with van der Waals surface area (Å²) >= 11 is 7.73. The van der Waals surface area contributed by atoms with Crippen LogP contribution in [0.2, 0.25) is 5.02 Å². The van der Waals surface area contributed by atoms with Crippen LogP contribution in [0.4, 0.5) is 35.9 Å². The van der Waals surface area contributed by atoms with Crippen LogP contribution in [-0.2, 0) is 26.9 Å². The van der Waals surface area contributed by atoms with Crippen molar-refractivity contribution >= 4 is 71.9 Å². The molecule has 0 spiro atoms. The molecule has 9 rings (SSSR count). The van der Waals surface area contributed by atoms with Crippen molar-refractivity contribution in [2.45, 2.75) is 58.5 Å². The molecule has 3 aliphatic heterocycles. The van der Waals surface area contributed by atoms with Crippen LogP contribution in [0.3, 0.4) is 0 Å². The Morgan fingerprint density at radius 2 is 1.47 bits per heavy atom. The molecule has 5 aromatic carbocycles. The summed E-state index contributed by atoms with van der Waals surface area (Å²) in [6, 6.07) is 34.0. The number of halogens is 4. The largest absolute Gasteiger partial charge is 0.501 e. The molecule has 3 saturated heterocycles. The van der Waals surface area contributed by atoms with E-state index in [-0.39, 0.29) is 17.3 Å². The minimum absolute atomic E-state index is 0.0184. The van der Waals surface area contributed by atoms with Crippen LogP contribution in [0.15, 0.2) is 136 Å². The Morgan fingerprint density at radius 1 is 0.808 bits per heavy atom. The number of aliphatic hydroxyl groups is 1. The first-order chi connectivity index (χ1) is 34.7. The first kappa shape index (κ1) is 52.2. The number of alkyl halides is 3. The highest BCUT2D eigenvalue weighted by molar-refractivity contribution is 7.99. The molecule has 6 aromatic rings. The maximum atomic E-state index is 14.3. The average molecular weight is 1080 g/mol. The van der Waals surface area contributed by atoms with Gasteiger partial charge in [0, 0.05) is 116 Å². The van der Waals surface area contributed by atoms with Gasteiger partial charge in [0.1, 0.15) is 4.90 Å². The van der Waals surface area contributed by atoms with Crippen LogP contribution >= 0.6 is 23.4 Å². The molecule has 3 N–H and O–H groups in total. The lowest BCUT2D eigenvalue weighted by molar-refractivity contribution is -0.0834. The number of carbonyl (C=O) groups excluding carboxylic acids is 1. The summed E-state index contributed by atoms with van der Waals surface area (Å²) in [5, 5.41) is 13.9. The van der Waals surface area contributed by atoms with Gasteiger partial charge in [0.15, 0.2) is 0 Å². The number of nitrogens with zero attached hydrogens (tertiary/aromatic N) is 5. The van der Waals surface area contributed by atoms with Crippen molar-refractivity contribution < 1.29 is 39.9 Å². The highest BCUT2D eigenvalue weighted by atomic mass is 35.5. The normalized spacial score (nSPS) is 16.7. The van der Waals surface area contributed by atoms with Gasteiger partial charge in [0.2, 0.25) is 0 Å². The van der Waals surface area contributed by atoms with Crippen molar-refractivity contribution in [1.82, 2.24) is 14.4 Å². The molecular formula is C53H57ClF3N7O6S3. The molecule has 386 valence electrons. The van der Waals surface area contributed by atoms with E-state index in [0.29, 0.717) is 74.6 Å². The number of sulfone groups is 1. The van der Waals surface area contributed by atoms with E-state index < -0.39 is 46.8 Å². The molecule has 0 unspecified atom stereocenters. The van der Waals surface area contributed by atoms with Gasteiger partial charge in [-0.25, -0.2) is 16.8 Å². The van der Waals surface area contributed by atoms with Crippen LogP contribution in [-0.4, -0.2) is 124 Å². The molecule has 0 bridgehead atoms. The quantitative estimate of drug-likeness (QED) is 0.0751. The molecule has 0 aliphatic carbocycles. The Bertz CT molecular complexity index is 3190. The van der Waals surface area contributed by atoms with Gasteiger partial charge in [-0.3, -0.25) is 14.4 Å². The van der Waals surface area contributed by atoms with Gasteiger partial charge < -0.3 is 29.7 Å². The number of anilines is 4. The third kappa shape index (κ3) is 11.4. The number of piperazine rings is 1. The lowest BCUT2D eigenvalue weighted by atomic mass is 9.95. The highest BCUT2D eigenvalue weighted by Gasteiger charge is 2.48. The Hall–Kier alpha value is -5.70. The van der Waals surface area contributed by atoms with Crippen molar-refractivity contribution in [2.24, 2.45) is 7.05 Å². The average Bonchev–Trinajstić information content (AvgIpc) is 3.60. The van der Waals surface area contributed by atoms with Gasteiger partial charge in [-0.05, 0) is 117 Å². The van der Waals surface area contributed by atoms with Gasteiger partial charge in [-0.1, -0.05) is 54.1 Å². The maximum Gasteiger partial charge on any atom is 0.501 e. The number of nitrogens with one attached hydrogen (secondary N) is 2. The fourth-order valence-corrected chi connectivity index (χ4v) is 12.9. The van der Waals surface area contributed by atoms with E-state index in [9.17, 15) is 39.9 Å². The molecular weight excluding hydrogens is 1020 g/mol. The van der Waals surface area contributed by atoms with E-state index in [4.69, 9.17) is 11.6 Å². The van der Waals surface area contributed by atoms with Crippen molar-refractivity contribution in [3.05, 3.63) is 138 Å². The summed E-state index contributed by atoms with van der Waals surface area (Å²) in [7, 11) is -8.63. The van der Waals surface area contributed by atoms with Crippen molar-refractivity contribution in [1.29, 1.82) is 0 Å². The Morgan fingerprint density at radius 3 is 2.08 bits per heavy atom. The van der Waals surface area contributed by atoms with Gasteiger partial charge in [0.25, 0.3) is 25.8 Å². The minimum atomic E-state index is -6.02. The summed E-state index contributed by atoms with van der Waals surface area (Å²) in [6.45, 7) is 9.08. The molecule has 4 heterocycles. The van der Waals surface area contributed by atoms with E-state index in [0.717, 1.165) is 76.0 Å². The SMILES string of the molecule is Cc1c(C(=O)N2CCC2)c(-c2cccc(N3CCN(c4ccc(NS(=O)(=O)c5ccc(N[C@H](CCN6CC(C)(O)C6)CSc6ccccc6)c(S(=O)(=O)C(F)(F)F)c5)cc4)CC3)c2)c(-c2ccc(Cl)cc2)n1C. The summed E-state index contributed by atoms with van der Waals surface area (Å²) in [6.07, 6.45) is 1.38. The zero-order chi connectivity index (χ0) is 51.9. The molecule has 0 radical (unpaired) electrons. The number of sulfonamides is 1. The number of carbonyl (C=O) groups is 1. The third-order valence-corrected chi connectivity index (χ3v) is 18.1. The zero-order valence-electron chi connectivity index (χ0n) is 40.6. The van der Waals surface area contributed by atoms with Gasteiger partial charge in [-0.15, -0.1) is 11.8 Å². The molecule has 3 fully saturated rings. The second kappa shape index (κ2) is 20.9. The van der Waals surface area contributed by atoms with Gasteiger partial charge in [-0.2, -0.15) is 13.2 Å². The van der Waals surface area contributed by atoms with Crippen molar-refractivity contribution in [3.63, 3.8) is 0 Å². The van der Waals surface area contributed by atoms with Crippen LogP contribution in [0.1, 0.15) is 35.8 Å². The molecule has 20 heteroatoms. The Labute approximate surface area is 433 Å². The van der Waals surface area contributed by atoms with Gasteiger partial charge in [0.05, 0.1) is 27.4 Å². The number of aromatic nitrogens is 1. The standard InChI is InChI=1S/C53H57ClF3N7O6S3/c1-36-48(51(65)64-24-8-25-64)49(50(60(36)3)37-13-15-39(54)16-14-37)38-9-7-10-43(31-38)63-29-27-62(28-30-63)42-19-17-40(18-20-42)59-73(69,70)45-21-22-46(47(32-45)72(67,68)53(55,56)57)58-41(23-26-61-34-52(2,66)35-61)33-71-44-11-5-4-6-12-44/h4-7,9-22,31-32,41,58-59,66H,8,23-30,33-35H2,1-3H3/t41-/m1/s1. The molecule has 1 aromatic heterocycles. The van der Waals surface area contributed by atoms with Gasteiger partial charge >= 0.3 is 5.51 Å². The summed E-state index contributed by atoms with van der Waals surface area (Å²) in [5.41, 5.74) is 0.279. The molecule has 3 aliphatic rings. The first-order valence-corrected chi connectivity index (χ1v) is 28.3. The number of rotatable bonds is 17. The van der Waals surface area contributed by atoms with Crippen molar-refractivity contribution in [2.75, 3.05) is 84.5 Å². The van der Waals surface area contributed by atoms with Crippen LogP contribution < -0.4 is 19.8 Å². The topological polar surface area (TPSA) is 148 Å². The van der Waals surface area contributed by atoms with E-state index in [1.54, 1.807) is 31.2 Å². The van der Waals surface area contributed by atoms with Crippen LogP contribution in [0.25, 0.3) is 22.4 Å². The number of benzene rings is 5. The molecule has 0 saturated carbocycles. The van der Waals surface area contributed by atoms with Crippen LogP contribution in [0.5, 0.6) is 0 Å². The minimum Gasteiger partial charge on any atom is -0.388 e. The van der Waals surface area contributed by atoms with Crippen LogP contribution in [0, 0.1) is 6.92 Å². The number of likely N-dealkylation sites (tertiary alicyclic amines) is 2. The predicted molar refractivity (Wildman–Crippen MR) is 284 cm³/mol. The second-order valence-electron chi connectivity index (χ2n) is 19.1. The predicted octanol–water partition coefficient (Wildman–Crippen LogP) is 9.62. The number of hydrogen-bond donors (Lipinski definition) is 3. The van der Waals surface area contributed by atoms with Crippen molar-refractivity contribution in [3.8, 4) is 22.4 Å². The van der Waals surface area contributed by atoms with E-state index in [1.807, 2.05) is 90.5 Å². The van der Waals surface area contributed by atoms with E-state index >= 15 is 0 Å². The lowest BCUT2D eigenvalue weighted by Crippen LogP contribution is -2.60. The highest BCUT2D eigenvalue weighted by Crippen LogP contribution is 2.42. The lowest BCUT2D eigenvalue weighted by Gasteiger charge is -2.44. The Balaban J connectivity index is 0.891. The molecule has 73 heavy (non-hydrogen) atoms. The monoisotopic (exact) mass is 1080 g/mol. The maximum absolute atomic E-state index is 14.3. The van der Waals surface area contributed by atoms with E-state index in [1.165, 1.54) is 11.8 Å². The number of amides is 1. The zero-order valence-corrected chi connectivity index (χ0v) is 43.8. The number of hydrogen-bond acceptors (Lipinski definition) is 11. The first-order valence-electron chi connectivity index (χ1n) is 24.0. The smallest absolute Gasteiger partial charge is 0.388 e.